The predicted octanol–water partition coefficient (Wildman–Crippen LogP) is 3.97. The van der Waals surface area contributed by atoms with Crippen molar-refractivity contribution >= 4 is 56.5 Å². The Hall–Kier alpha value is -1.31. The number of rotatable bonds is 3. The third-order valence-corrected chi connectivity index (χ3v) is 6.38. The van der Waals surface area contributed by atoms with Gasteiger partial charge in [-0.3, -0.25) is 9.59 Å². The fourth-order valence-corrected chi connectivity index (χ4v) is 5.04. The quantitative estimate of drug-likeness (QED) is 0.832. The van der Waals surface area contributed by atoms with Crippen molar-refractivity contribution in [3.8, 4) is 0 Å². The second-order valence-electron chi connectivity index (χ2n) is 5.25. The summed E-state index contributed by atoms with van der Waals surface area (Å²) >= 11 is 6.37. The molecule has 0 bridgehead atoms. The van der Waals surface area contributed by atoms with Gasteiger partial charge >= 0.3 is 0 Å². The lowest BCUT2D eigenvalue weighted by atomic mass is 10.2. The largest absolute Gasteiger partial charge is 0.324 e. The van der Waals surface area contributed by atoms with Crippen LogP contribution in [0.5, 0.6) is 0 Å². The van der Waals surface area contributed by atoms with E-state index in [4.69, 9.17) is 0 Å². The van der Waals surface area contributed by atoms with Gasteiger partial charge in [0.25, 0.3) is 5.91 Å². The van der Waals surface area contributed by atoms with Crippen LogP contribution in [0.3, 0.4) is 0 Å². The number of nitrogens with zero attached hydrogens (tertiary/aromatic N) is 1. The summed E-state index contributed by atoms with van der Waals surface area (Å²) in [7, 11) is 0. The van der Waals surface area contributed by atoms with Gasteiger partial charge < -0.3 is 10.2 Å². The highest BCUT2D eigenvalue weighted by atomic mass is 79.9. The van der Waals surface area contributed by atoms with Crippen molar-refractivity contribution in [2.24, 2.45) is 0 Å². The number of carbonyl (C=O) groups excluding carboxylic acids is 2. The smallest absolute Gasteiger partial charge is 0.266 e. The molecule has 2 heterocycles. The van der Waals surface area contributed by atoms with E-state index in [9.17, 15) is 9.59 Å². The molecule has 2 aromatic rings. The normalized spacial score (nSPS) is 17.3. The van der Waals surface area contributed by atoms with E-state index in [0.717, 1.165) is 15.7 Å². The van der Waals surface area contributed by atoms with Gasteiger partial charge in [0.15, 0.2) is 0 Å². The summed E-state index contributed by atoms with van der Waals surface area (Å²) in [4.78, 5) is 27.5. The molecule has 23 heavy (non-hydrogen) atoms. The van der Waals surface area contributed by atoms with Crippen LogP contribution in [0.1, 0.15) is 15.2 Å². The van der Waals surface area contributed by atoms with Crippen molar-refractivity contribution in [2.75, 3.05) is 16.9 Å². The summed E-state index contributed by atoms with van der Waals surface area (Å²) in [6.07, 6.45) is 0. The number of hydrogen-bond acceptors (Lipinski definition) is 4. The zero-order chi connectivity index (χ0) is 16.4. The van der Waals surface area contributed by atoms with E-state index in [1.54, 1.807) is 16.7 Å². The van der Waals surface area contributed by atoms with Crippen LogP contribution < -0.4 is 5.32 Å². The highest BCUT2D eigenvalue weighted by Crippen LogP contribution is 2.29. The second-order valence-corrected chi connectivity index (χ2v) is 8.02. The zero-order valence-electron chi connectivity index (χ0n) is 12.4. The van der Waals surface area contributed by atoms with Crippen molar-refractivity contribution < 1.29 is 9.59 Å². The van der Waals surface area contributed by atoms with E-state index in [1.807, 2.05) is 42.6 Å². The number of nitrogens with one attached hydrogen (secondary N) is 1. The van der Waals surface area contributed by atoms with Crippen LogP contribution in [0.15, 0.2) is 40.2 Å². The first-order valence-corrected chi connectivity index (χ1v) is 9.88. The van der Waals surface area contributed by atoms with Crippen molar-refractivity contribution in [3.05, 3.63) is 50.6 Å². The molecule has 7 heteroatoms. The first-order valence-electron chi connectivity index (χ1n) is 7.05. The van der Waals surface area contributed by atoms with Gasteiger partial charge in [-0.15, -0.1) is 23.1 Å². The van der Waals surface area contributed by atoms with Crippen LogP contribution in [0.25, 0.3) is 0 Å². The monoisotopic (exact) mass is 410 g/mol. The molecule has 1 aromatic heterocycles. The predicted molar refractivity (Wildman–Crippen MR) is 99.1 cm³/mol. The molecule has 120 valence electrons. The molecule has 0 spiro atoms. The number of carbonyl (C=O) groups is 2. The summed E-state index contributed by atoms with van der Waals surface area (Å²) in [5, 5.41) is 4.78. The van der Waals surface area contributed by atoms with Crippen LogP contribution in [-0.2, 0) is 4.79 Å². The van der Waals surface area contributed by atoms with E-state index in [2.05, 4.69) is 21.2 Å². The molecular weight excluding hydrogens is 396 g/mol. The summed E-state index contributed by atoms with van der Waals surface area (Å²) in [5.41, 5.74) is 1.84. The lowest BCUT2D eigenvalue weighted by molar-refractivity contribution is -0.119. The van der Waals surface area contributed by atoms with Crippen molar-refractivity contribution in [1.29, 1.82) is 0 Å². The number of aryl methyl sites for hydroxylation is 1. The Bertz CT molecular complexity index is 747. The van der Waals surface area contributed by atoms with Crippen LogP contribution in [0.2, 0.25) is 0 Å². The van der Waals surface area contributed by atoms with Crippen molar-refractivity contribution in [2.45, 2.75) is 13.0 Å². The molecule has 0 aliphatic carbocycles. The Kier molecular flexibility index (Phi) is 5.08. The van der Waals surface area contributed by atoms with E-state index in [0.29, 0.717) is 16.5 Å². The summed E-state index contributed by atoms with van der Waals surface area (Å²) < 4.78 is 0.780. The lowest BCUT2D eigenvalue weighted by Gasteiger charge is -2.22. The molecule has 2 amide bonds. The van der Waals surface area contributed by atoms with Crippen LogP contribution in [0.4, 0.5) is 5.69 Å². The van der Waals surface area contributed by atoms with Gasteiger partial charge in [0, 0.05) is 15.9 Å². The Morgan fingerprint density at radius 1 is 1.35 bits per heavy atom. The standard InChI is InChI=1S/C16H15BrN2O2S2/c1-10-3-2-4-11(7-10)18-15(20)13-8-22-9-19(13)16(21)14-12(17)5-6-23-14/h2-7,13H,8-9H2,1H3,(H,18,20). The molecule has 1 aromatic carbocycles. The minimum Gasteiger partial charge on any atom is -0.324 e. The van der Waals surface area contributed by atoms with Crippen LogP contribution in [-0.4, -0.2) is 34.4 Å². The van der Waals surface area contributed by atoms with E-state index < -0.39 is 6.04 Å². The molecule has 1 N–H and O–H groups in total. The minimum atomic E-state index is -0.443. The Balaban J connectivity index is 1.75. The molecule has 1 fully saturated rings. The van der Waals surface area contributed by atoms with Gasteiger partial charge in [0.1, 0.15) is 10.9 Å². The molecule has 1 unspecified atom stereocenters. The topological polar surface area (TPSA) is 49.4 Å². The van der Waals surface area contributed by atoms with Crippen LogP contribution >= 0.6 is 39.0 Å². The highest BCUT2D eigenvalue weighted by molar-refractivity contribution is 9.10. The van der Waals surface area contributed by atoms with E-state index >= 15 is 0 Å². The third-order valence-electron chi connectivity index (χ3n) is 3.54. The van der Waals surface area contributed by atoms with Crippen molar-refractivity contribution in [1.82, 2.24) is 4.90 Å². The Morgan fingerprint density at radius 3 is 2.87 bits per heavy atom. The Morgan fingerprint density at radius 2 is 2.17 bits per heavy atom. The molecule has 1 aliphatic heterocycles. The van der Waals surface area contributed by atoms with E-state index in [-0.39, 0.29) is 11.8 Å². The maximum Gasteiger partial charge on any atom is 0.266 e. The average molecular weight is 411 g/mol. The first kappa shape index (κ1) is 16.5. The van der Waals surface area contributed by atoms with Gasteiger partial charge in [-0.2, -0.15) is 0 Å². The summed E-state index contributed by atoms with van der Waals surface area (Å²) in [5.74, 6) is 0.921. The van der Waals surface area contributed by atoms with Gasteiger partial charge in [0.05, 0.1) is 5.88 Å². The molecule has 0 saturated carbocycles. The van der Waals surface area contributed by atoms with Gasteiger partial charge in [-0.05, 0) is 52.0 Å². The minimum absolute atomic E-state index is 0.0960. The molecule has 3 rings (SSSR count). The number of hydrogen-bond donors (Lipinski definition) is 1. The maximum atomic E-state index is 12.7. The number of halogens is 1. The molecule has 1 atom stereocenters. The summed E-state index contributed by atoms with van der Waals surface area (Å²) in [6.45, 7) is 1.98. The molecule has 1 saturated heterocycles. The second kappa shape index (κ2) is 7.07. The maximum absolute atomic E-state index is 12.7. The number of benzene rings is 1. The number of thioether (sulfide) groups is 1. The SMILES string of the molecule is Cc1cccc(NC(=O)C2CSCN2C(=O)c2sccc2Br)c1. The number of anilines is 1. The number of thiophene rings is 1. The van der Waals surface area contributed by atoms with E-state index in [1.165, 1.54) is 11.3 Å². The Labute approximate surface area is 151 Å². The molecular formula is C16H15BrN2O2S2. The molecule has 0 radical (unpaired) electrons. The van der Waals surface area contributed by atoms with Crippen molar-refractivity contribution in [3.63, 3.8) is 0 Å². The first-order chi connectivity index (χ1) is 11.1. The average Bonchev–Trinajstić information content (AvgIpc) is 3.15. The fourth-order valence-electron chi connectivity index (χ4n) is 2.39. The third kappa shape index (κ3) is 3.62. The van der Waals surface area contributed by atoms with Gasteiger partial charge in [-0.25, -0.2) is 0 Å². The van der Waals surface area contributed by atoms with Crippen LogP contribution in [0, 0.1) is 6.92 Å². The highest BCUT2D eigenvalue weighted by Gasteiger charge is 2.36. The summed E-state index contributed by atoms with van der Waals surface area (Å²) in [6, 6.07) is 9.06. The molecule has 1 aliphatic rings. The fraction of sp³-hybridized carbons (Fsp3) is 0.250. The molecule has 4 nitrogen and oxygen atoms in total. The lowest BCUT2D eigenvalue weighted by Crippen LogP contribution is -2.44. The zero-order valence-corrected chi connectivity index (χ0v) is 15.6. The number of amides is 2. The van der Waals surface area contributed by atoms with Gasteiger partial charge in [0.2, 0.25) is 5.91 Å². The van der Waals surface area contributed by atoms with Gasteiger partial charge in [-0.1, -0.05) is 12.1 Å².